The molecule has 1 aliphatic heterocycles. The number of hydrogen-bond acceptors (Lipinski definition) is 17. The molecule has 12 rings (SSSR count). The van der Waals surface area contributed by atoms with E-state index < -0.39 is 35.0 Å². The number of fused-ring (bicyclic) bond motifs is 2. The maximum Gasteiger partial charge on any atom is 1.00 e. The minimum atomic E-state index is -1.31. The van der Waals surface area contributed by atoms with Gasteiger partial charge in [0.1, 0.15) is 24.3 Å². The molecule has 3 atom stereocenters. The number of H-pyrrole nitrogens is 1. The summed E-state index contributed by atoms with van der Waals surface area (Å²) in [6.45, 7) is 14.8. The molecular formula is C68H80F2KN12O10+. The van der Waals surface area contributed by atoms with Crippen LogP contribution < -0.4 is 73.7 Å². The molecule has 3 aliphatic rings. The standard InChI is InChI=1S/C34H41FN6O5.C34H39FN6O5.K/c2*1-5-8-29-27(17-22-12-11-21(18-28(22)35)25-9-6-7-10-26(25)30-38-33(43)46-39-30)31(42)40(32-36-19-37-41(29)32)23-13-15-24(16-14-23)45-20(2)34(3,4)44;/h6-7,9-12,18-20,23-24,33,43-44H,5,8,13-17H2,1-4H3,(H,38,39);6-7,9-12,18-20,23-24,44H,5,8,13-17H2,1-4H3,(H,38,39,43);/q;;+1. The van der Waals surface area contributed by atoms with E-state index >= 15 is 8.78 Å². The molecule has 2 saturated carbocycles. The zero-order chi connectivity index (χ0) is 65.2. The number of aliphatic imine (C=N–C) groups is 1. The number of aliphatic hydroxyl groups is 3. The number of halogens is 2. The summed E-state index contributed by atoms with van der Waals surface area (Å²) in [6.07, 6.45) is 9.70. The molecule has 0 saturated heterocycles. The molecule has 3 unspecified atom stereocenters. The number of rotatable bonds is 20. The molecule has 25 heteroatoms. The summed E-state index contributed by atoms with van der Waals surface area (Å²) in [4.78, 5) is 60.7. The van der Waals surface area contributed by atoms with Crippen LogP contribution in [-0.4, -0.2) is 112 Å². The Kier molecular flexibility index (Phi) is 21.9. The Balaban J connectivity index is 0.000000201. The Bertz CT molecular complexity index is 4320. The van der Waals surface area contributed by atoms with Crippen molar-refractivity contribution in [3.05, 3.63) is 180 Å². The molecule has 22 nitrogen and oxygen atoms in total. The van der Waals surface area contributed by atoms with Gasteiger partial charge in [0.2, 0.25) is 11.6 Å². The van der Waals surface area contributed by atoms with Crippen LogP contribution in [-0.2, 0) is 40.0 Å². The average molecular weight is 1300 g/mol. The number of aromatic nitrogens is 10. The molecule has 0 spiro atoms. The van der Waals surface area contributed by atoms with Gasteiger partial charge < -0.3 is 24.8 Å². The Morgan fingerprint density at radius 2 is 1.06 bits per heavy atom. The topological polar surface area (TPSA) is 276 Å². The minimum Gasteiger partial charge on any atom is -0.388 e. The number of nitrogens with one attached hydrogen (secondary N) is 2. The van der Waals surface area contributed by atoms with Crippen LogP contribution in [0.3, 0.4) is 0 Å². The molecule has 2 fully saturated rings. The van der Waals surface area contributed by atoms with Crippen molar-refractivity contribution in [2.24, 2.45) is 4.99 Å². The van der Waals surface area contributed by atoms with Gasteiger partial charge in [0.05, 0.1) is 47.0 Å². The van der Waals surface area contributed by atoms with E-state index in [1.165, 1.54) is 24.8 Å². The zero-order valence-electron chi connectivity index (χ0n) is 54.1. The fourth-order valence-electron chi connectivity index (χ4n) is 12.7. The van der Waals surface area contributed by atoms with Crippen LogP contribution in [0.2, 0.25) is 0 Å². The van der Waals surface area contributed by atoms with E-state index in [9.17, 15) is 29.7 Å². The van der Waals surface area contributed by atoms with Crippen LogP contribution in [0.4, 0.5) is 8.78 Å². The van der Waals surface area contributed by atoms with Crippen molar-refractivity contribution >= 4 is 17.4 Å². The zero-order valence-corrected chi connectivity index (χ0v) is 57.2. The van der Waals surface area contributed by atoms with Gasteiger partial charge in [0.25, 0.3) is 17.5 Å². The van der Waals surface area contributed by atoms with Crippen molar-refractivity contribution in [3.63, 3.8) is 0 Å². The summed E-state index contributed by atoms with van der Waals surface area (Å²) < 4.78 is 55.7. The second-order valence-corrected chi connectivity index (χ2v) is 25.4. The molecule has 0 amide bonds. The number of aliphatic hydroxyl groups excluding tert-OH is 1. The molecule has 2 aliphatic carbocycles. The van der Waals surface area contributed by atoms with Crippen LogP contribution in [0.25, 0.3) is 45.2 Å². The number of aryl methyl sites for hydroxylation is 2. The largest absolute Gasteiger partial charge is 1.00 e. The second-order valence-electron chi connectivity index (χ2n) is 25.4. The van der Waals surface area contributed by atoms with Crippen LogP contribution in [0.1, 0.15) is 171 Å². The normalized spacial score (nSPS) is 19.2. The number of aromatic amines is 1. The molecule has 5 N–H and O–H groups in total. The quantitative estimate of drug-likeness (QED) is 0.0496. The Morgan fingerprint density at radius 1 is 0.634 bits per heavy atom. The first-order valence-corrected chi connectivity index (χ1v) is 31.8. The van der Waals surface area contributed by atoms with Crippen molar-refractivity contribution in [1.82, 2.24) is 54.0 Å². The first-order chi connectivity index (χ1) is 44.1. The maximum absolute atomic E-state index is 15.9. The predicted octanol–water partition coefficient (Wildman–Crippen LogP) is 6.70. The number of ether oxygens (including phenoxy) is 2. The fraction of sp³-hybridized carbons (Fsp3) is 0.456. The maximum atomic E-state index is 15.9. The summed E-state index contributed by atoms with van der Waals surface area (Å²) in [6, 6.07) is 24.3. The number of hydroxylamine groups is 1. The van der Waals surface area contributed by atoms with E-state index in [4.69, 9.17) is 14.3 Å². The van der Waals surface area contributed by atoms with Gasteiger partial charge in [0, 0.05) is 47.2 Å². The molecular weight excluding hydrogens is 1220 g/mol. The van der Waals surface area contributed by atoms with Crippen molar-refractivity contribution < 1.29 is 94.3 Å². The molecule has 0 bridgehead atoms. The predicted molar refractivity (Wildman–Crippen MR) is 341 cm³/mol. The second kappa shape index (κ2) is 29.5. The third-order valence-corrected chi connectivity index (χ3v) is 18.2. The van der Waals surface area contributed by atoms with Gasteiger partial charge in [-0.15, -0.1) is 0 Å². The van der Waals surface area contributed by atoms with Gasteiger partial charge in [0.15, 0.2) is 11.7 Å². The summed E-state index contributed by atoms with van der Waals surface area (Å²) in [5, 5.41) is 43.1. The van der Waals surface area contributed by atoms with E-state index in [1.54, 1.807) is 76.2 Å². The van der Waals surface area contributed by atoms with Crippen LogP contribution in [0, 0.1) is 11.6 Å². The van der Waals surface area contributed by atoms with Gasteiger partial charge in [-0.2, -0.15) is 20.2 Å². The van der Waals surface area contributed by atoms with Crippen LogP contribution >= 0.6 is 0 Å². The Labute approximate surface area is 578 Å². The molecule has 4 aromatic carbocycles. The SMILES string of the molecule is CCCc1c(Cc2ccc(-c3ccccc3-c3noc(=O)[nH]3)cc2F)c(=O)n(C2CCC(OC(C)C(C)(C)O)CC2)c2ncnn12.CCCc1c(Cc2ccc(-c3ccccc3C3=NC(O)ON3)cc2F)c(=O)n(C2CCC(OC(C)C(C)(C)O)CC2)c2ncnn12.[K+]. The monoisotopic (exact) mass is 1300 g/mol. The fourth-order valence-corrected chi connectivity index (χ4v) is 12.7. The van der Waals surface area contributed by atoms with Crippen molar-refractivity contribution in [1.29, 1.82) is 0 Å². The molecule has 6 heterocycles. The first-order valence-electron chi connectivity index (χ1n) is 31.8. The molecule has 93 heavy (non-hydrogen) atoms. The Hall–Kier alpha value is -6.75. The minimum absolute atomic E-state index is 0. The van der Waals surface area contributed by atoms with Gasteiger partial charge in [-0.05, 0) is 151 Å². The number of amidine groups is 1. The van der Waals surface area contributed by atoms with E-state index in [0.717, 1.165) is 49.9 Å². The summed E-state index contributed by atoms with van der Waals surface area (Å²) >= 11 is 0. The van der Waals surface area contributed by atoms with Gasteiger partial charge in [-0.3, -0.25) is 28.2 Å². The summed E-state index contributed by atoms with van der Waals surface area (Å²) in [7, 11) is 0. The third-order valence-electron chi connectivity index (χ3n) is 18.2. The van der Waals surface area contributed by atoms with Gasteiger partial charge in [-0.25, -0.2) is 37.9 Å². The van der Waals surface area contributed by atoms with Crippen molar-refractivity contribution in [2.75, 3.05) is 0 Å². The van der Waals surface area contributed by atoms with Gasteiger partial charge >= 0.3 is 57.1 Å². The number of nitrogens with zero attached hydrogens (tertiary/aromatic N) is 10. The first kappa shape index (κ1) is 69.1. The van der Waals surface area contributed by atoms with Gasteiger partial charge in [-0.1, -0.05) is 105 Å². The van der Waals surface area contributed by atoms with Crippen molar-refractivity contribution in [3.8, 4) is 33.6 Å². The van der Waals surface area contributed by atoms with Crippen LogP contribution in [0.5, 0.6) is 0 Å². The van der Waals surface area contributed by atoms with Crippen molar-refractivity contribution in [2.45, 2.75) is 199 Å². The van der Waals surface area contributed by atoms with E-state index in [2.05, 4.69) is 45.3 Å². The number of hydrogen-bond donors (Lipinski definition) is 5. The molecule has 5 aromatic heterocycles. The van der Waals surface area contributed by atoms with E-state index in [1.807, 2.05) is 70.2 Å². The van der Waals surface area contributed by atoms with Crippen LogP contribution in [0.15, 0.2) is 121 Å². The molecule has 486 valence electrons. The number of benzene rings is 4. The smallest absolute Gasteiger partial charge is 0.388 e. The molecule has 9 aromatic rings. The third kappa shape index (κ3) is 15.2. The molecule has 0 radical (unpaired) electrons. The average Bonchev–Trinajstić information content (AvgIpc) is 1.75. The van der Waals surface area contributed by atoms with E-state index in [-0.39, 0.29) is 118 Å². The van der Waals surface area contributed by atoms with E-state index in [0.29, 0.717) is 112 Å². The summed E-state index contributed by atoms with van der Waals surface area (Å²) in [5.41, 5.74) is 7.51. The summed E-state index contributed by atoms with van der Waals surface area (Å²) in [5.74, 6) is 0.0309. The Morgan fingerprint density at radius 3 is 1.45 bits per heavy atom.